The number of hydrogen-bond acceptors (Lipinski definition) is 3. The predicted molar refractivity (Wildman–Crippen MR) is 88.8 cm³/mol. The van der Waals surface area contributed by atoms with Crippen LogP contribution in [0.15, 0.2) is 18.2 Å². The molecule has 0 spiro atoms. The molecule has 0 fully saturated rings. The van der Waals surface area contributed by atoms with E-state index in [0.717, 1.165) is 17.9 Å². The minimum atomic E-state index is 0.0745. The van der Waals surface area contributed by atoms with Gasteiger partial charge in [-0.1, -0.05) is 26.8 Å². The van der Waals surface area contributed by atoms with Crippen LogP contribution < -0.4 is 15.1 Å². The molecule has 0 unspecified atom stereocenters. The summed E-state index contributed by atoms with van der Waals surface area (Å²) in [6, 6.07) is 6.06. The van der Waals surface area contributed by atoms with Crippen molar-refractivity contribution < 1.29 is 4.79 Å². The summed E-state index contributed by atoms with van der Waals surface area (Å²) in [5.74, 6) is 0.0745. The van der Waals surface area contributed by atoms with Crippen molar-refractivity contribution in [1.29, 1.82) is 0 Å². The molecule has 0 heterocycles. The first-order valence-electron chi connectivity index (χ1n) is 7.22. The summed E-state index contributed by atoms with van der Waals surface area (Å²) in [6.45, 7) is 9.23. The fourth-order valence-electron chi connectivity index (χ4n) is 1.78. The number of rotatable bonds is 5. The smallest absolute Gasteiger partial charge is 0.240 e. The van der Waals surface area contributed by atoms with E-state index in [-0.39, 0.29) is 5.91 Å². The topological polar surface area (TPSA) is 35.6 Å². The average molecular weight is 279 g/mol. The van der Waals surface area contributed by atoms with Crippen molar-refractivity contribution in [2.24, 2.45) is 0 Å². The van der Waals surface area contributed by atoms with Gasteiger partial charge in [0, 0.05) is 32.5 Å². The van der Waals surface area contributed by atoms with Crippen LogP contribution in [0.2, 0.25) is 0 Å². The van der Waals surface area contributed by atoms with Crippen molar-refractivity contribution in [3.63, 3.8) is 0 Å². The number of carbonyl (C=O) groups is 1. The second-order valence-electron chi connectivity index (χ2n) is 4.60. The molecule has 0 aromatic heterocycles. The fourth-order valence-corrected chi connectivity index (χ4v) is 1.78. The van der Waals surface area contributed by atoms with Gasteiger partial charge in [-0.2, -0.15) is 0 Å². The van der Waals surface area contributed by atoms with Crippen LogP contribution in [-0.2, 0) is 4.79 Å². The summed E-state index contributed by atoms with van der Waals surface area (Å²) in [6.07, 6.45) is 0. The zero-order valence-corrected chi connectivity index (χ0v) is 13.9. The molecular weight excluding hydrogens is 250 g/mol. The van der Waals surface area contributed by atoms with E-state index in [0.29, 0.717) is 6.54 Å². The van der Waals surface area contributed by atoms with E-state index in [4.69, 9.17) is 0 Å². The number of anilines is 2. The van der Waals surface area contributed by atoms with Gasteiger partial charge in [0.2, 0.25) is 5.91 Å². The Balaban J connectivity index is 0.00000172. The predicted octanol–water partition coefficient (Wildman–Crippen LogP) is 2.66. The second kappa shape index (κ2) is 9.37. The summed E-state index contributed by atoms with van der Waals surface area (Å²) >= 11 is 0. The van der Waals surface area contributed by atoms with Crippen molar-refractivity contribution in [2.45, 2.75) is 27.7 Å². The van der Waals surface area contributed by atoms with Gasteiger partial charge in [-0.05, 0) is 31.2 Å². The highest BCUT2D eigenvalue weighted by atomic mass is 16.2. The molecule has 0 aliphatic heterocycles. The number of benzene rings is 1. The lowest BCUT2D eigenvalue weighted by Gasteiger charge is -2.22. The van der Waals surface area contributed by atoms with Crippen LogP contribution in [-0.4, -0.2) is 40.1 Å². The quantitative estimate of drug-likeness (QED) is 0.900. The van der Waals surface area contributed by atoms with Crippen LogP contribution in [0.3, 0.4) is 0 Å². The summed E-state index contributed by atoms with van der Waals surface area (Å²) in [5, 5.41) is 3.05. The third-order valence-corrected chi connectivity index (χ3v) is 2.96. The zero-order valence-electron chi connectivity index (χ0n) is 13.9. The van der Waals surface area contributed by atoms with E-state index >= 15 is 0 Å². The Morgan fingerprint density at radius 1 is 1.20 bits per heavy atom. The first kappa shape index (κ1) is 18.4. The average Bonchev–Trinajstić information content (AvgIpc) is 2.46. The van der Waals surface area contributed by atoms with Crippen LogP contribution in [0.25, 0.3) is 0 Å². The third kappa shape index (κ3) is 5.21. The van der Waals surface area contributed by atoms with E-state index in [1.807, 2.05) is 60.1 Å². The van der Waals surface area contributed by atoms with E-state index < -0.39 is 0 Å². The molecule has 0 saturated heterocycles. The zero-order chi connectivity index (χ0) is 15.7. The molecule has 0 aliphatic rings. The van der Waals surface area contributed by atoms with Gasteiger partial charge in [-0.25, -0.2) is 0 Å². The van der Waals surface area contributed by atoms with Crippen molar-refractivity contribution in [3.8, 4) is 0 Å². The highest BCUT2D eigenvalue weighted by molar-refractivity contribution is 5.94. The van der Waals surface area contributed by atoms with Gasteiger partial charge < -0.3 is 15.1 Å². The standard InChI is InChI=1S/C14H23N3O.C2H6/c1-6-15-10-14(18)17(5)12-8-7-11(2)13(9-12)16(3)4;1-2/h7-9,15H,6,10H2,1-5H3;1-2H3. The minimum absolute atomic E-state index is 0.0745. The summed E-state index contributed by atoms with van der Waals surface area (Å²) in [5.41, 5.74) is 3.26. The number of amides is 1. The Kier molecular flexibility index (Phi) is 8.64. The van der Waals surface area contributed by atoms with Crippen molar-refractivity contribution in [3.05, 3.63) is 23.8 Å². The van der Waals surface area contributed by atoms with Gasteiger partial charge in [0.1, 0.15) is 0 Å². The Bertz CT molecular complexity index is 416. The maximum Gasteiger partial charge on any atom is 0.240 e. The molecule has 114 valence electrons. The number of nitrogens with one attached hydrogen (secondary N) is 1. The lowest BCUT2D eigenvalue weighted by Crippen LogP contribution is -2.35. The highest BCUT2D eigenvalue weighted by Gasteiger charge is 2.12. The van der Waals surface area contributed by atoms with Crippen molar-refractivity contribution in [2.75, 3.05) is 44.0 Å². The maximum absolute atomic E-state index is 11.9. The van der Waals surface area contributed by atoms with Crippen LogP contribution in [0.1, 0.15) is 26.3 Å². The molecule has 0 radical (unpaired) electrons. The van der Waals surface area contributed by atoms with Crippen LogP contribution in [0, 0.1) is 6.92 Å². The summed E-state index contributed by atoms with van der Waals surface area (Å²) in [4.78, 5) is 15.7. The van der Waals surface area contributed by atoms with Gasteiger partial charge >= 0.3 is 0 Å². The van der Waals surface area contributed by atoms with Crippen molar-refractivity contribution in [1.82, 2.24) is 5.32 Å². The van der Waals surface area contributed by atoms with Gasteiger partial charge in [0.15, 0.2) is 0 Å². The molecular formula is C16H29N3O. The molecule has 4 heteroatoms. The number of carbonyl (C=O) groups excluding carboxylic acids is 1. The van der Waals surface area contributed by atoms with Gasteiger partial charge in [0.25, 0.3) is 0 Å². The lowest BCUT2D eigenvalue weighted by atomic mass is 10.1. The van der Waals surface area contributed by atoms with Crippen LogP contribution in [0.5, 0.6) is 0 Å². The molecule has 20 heavy (non-hydrogen) atoms. The molecule has 0 aliphatic carbocycles. The first-order chi connectivity index (χ1) is 9.47. The number of nitrogens with zero attached hydrogens (tertiary/aromatic N) is 2. The molecule has 1 aromatic carbocycles. The summed E-state index contributed by atoms with van der Waals surface area (Å²) in [7, 11) is 5.82. The number of likely N-dealkylation sites (N-methyl/N-ethyl adjacent to an activating group) is 2. The monoisotopic (exact) mass is 279 g/mol. The van der Waals surface area contributed by atoms with E-state index in [1.165, 1.54) is 5.56 Å². The molecule has 1 N–H and O–H groups in total. The normalized spacial score (nSPS) is 9.55. The van der Waals surface area contributed by atoms with Crippen LogP contribution >= 0.6 is 0 Å². The third-order valence-electron chi connectivity index (χ3n) is 2.96. The molecule has 1 aromatic rings. The molecule has 0 bridgehead atoms. The Morgan fingerprint density at radius 2 is 1.80 bits per heavy atom. The lowest BCUT2D eigenvalue weighted by molar-refractivity contribution is -0.117. The van der Waals surface area contributed by atoms with E-state index in [9.17, 15) is 4.79 Å². The number of aryl methyl sites for hydroxylation is 1. The Labute approximate surface area is 123 Å². The molecule has 0 saturated carbocycles. The molecule has 1 amide bonds. The molecule has 4 nitrogen and oxygen atoms in total. The Morgan fingerprint density at radius 3 is 2.30 bits per heavy atom. The first-order valence-corrected chi connectivity index (χ1v) is 7.22. The minimum Gasteiger partial charge on any atom is -0.377 e. The van der Waals surface area contributed by atoms with Gasteiger partial charge in [-0.3, -0.25) is 4.79 Å². The van der Waals surface area contributed by atoms with Gasteiger partial charge in [0.05, 0.1) is 6.54 Å². The van der Waals surface area contributed by atoms with Crippen LogP contribution in [0.4, 0.5) is 11.4 Å². The van der Waals surface area contributed by atoms with Crippen molar-refractivity contribution >= 4 is 17.3 Å². The van der Waals surface area contributed by atoms with Gasteiger partial charge in [-0.15, -0.1) is 0 Å². The fraction of sp³-hybridized carbons (Fsp3) is 0.562. The van der Waals surface area contributed by atoms with E-state index in [1.54, 1.807) is 4.90 Å². The van der Waals surface area contributed by atoms with E-state index in [2.05, 4.69) is 17.1 Å². The SMILES string of the molecule is CC.CCNCC(=O)N(C)c1ccc(C)c(N(C)C)c1. The molecule has 0 atom stereocenters. The molecule has 1 rings (SSSR count). The number of hydrogen-bond donors (Lipinski definition) is 1. The maximum atomic E-state index is 11.9. The highest BCUT2D eigenvalue weighted by Crippen LogP contribution is 2.24. The summed E-state index contributed by atoms with van der Waals surface area (Å²) < 4.78 is 0. The Hall–Kier alpha value is -1.55. The second-order valence-corrected chi connectivity index (χ2v) is 4.60. The largest absolute Gasteiger partial charge is 0.377 e.